The predicted molar refractivity (Wildman–Crippen MR) is 83.8 cm³/mol. The summed E-state index contributed by atoms with van der Waals surface area (Å²) in [4.78, 5) is 5.12. The maximum atomic E-state index is 3.47. The van der Waals surface area contributed by atoms with Crippen molar-refractivity contribution in [2.24, 2.45) is 0 Å². The van der Waals surface area contributed by atoms with Crippen LogP contribution in [0.3, 0.4) is 0 Å². The second-order valence-electron chi connectivity index (χ2n) is 6.31. The number of benzene rings is 1. The molecule has 0 aromatic heterocycles. The summed E-state index contributed by atoms with van der Waals surface area (Å²) >= 11 is 0. The Balaban J connectivity index is 1.65. The smallest absolute Gasteiger partial charge is 0.0235 e. The minimum absolute atomic E-state index is 0.725. The van der Waals surface area contributed by atoms with Crippen LogP contribution in [0.5, 0.6) is 0 Å². The summed E-state index contributed by atoms with van der Waals surface area (Å²) in [5, 5.41) is 3.47. The van der Waals surface area contributed by atoms with Crippen molar-refractivity contribution in [1.82, 2.24) is 15.1 Å². The molecule has 0 bridgehead atoms. The SMILES string of the molecule is CCC1CN(Cc2ccc3c(c2)CNCC3)CCN1C. The second-order valence-corrected chi connectivity index (χ2v) is 6.31. The van der Waals surface area contributed by atoms with Gasteiger partial charge in [-0.3, -0.25) is 4.90 Å². The molecule has 1 atom stereocenters. The lowest BCUT2D eigenvalue weighted by Gasteiger charge is -2.39. The fourth-order valence-corrected chi connectivity index (χ4v) is 3.49. The van der Waals surface area contributed by atoms with E-state index in [1.165, 1.54) is 49.2 Å². The van der Waals surface area contributed by atoms with E-state index in [0.29, 0.717) is 0 Å². The molecular formula is C17H27N3. The first-order chi connectivity index (χ1) is 9.76. The third kappa shape index (κ3) is 3.05. The van der Waals surface area contributed by atoms with E-state index in [1.54, 1.807) is 0 Å². The largest absolute Gasteiger partial charge is 0.312 e. The molecule has 2 heterocycles. The molecule has 1 fully saturated rings. The summed E-state index contributed by atoms with van der Waals surface area (Å²) < 4.78 is 0. The van der Waals surface area contributed by atoms with E-state index in [0.717, 1.165) is 25.7 Å². The van der Waals surface area contributed by atoms with Crippen molar-refractivity contribution in [2.45, 2.75) is 38.9 Å². The zero-order chi connectivity index (χ0) is 13.9. The van der Waals surface area contributed by atoms with Gasteiger partial charge in [0.2, 0.25) is 0 Å². The molecule has 1 unspecified atom stereocenters. The maximum absolute atomic E-state index is 3.47. The van der Waals surface area contributed by atoms with Crippen molar-refractivity contribution in [3.63, 3.8) is 0 Å². The Morgan fingerprint density at radius 3 is 3.00 bits per heavy atom. The lowest BCUT2D eigenvalue weighted by Crippen LogP contribution is -2.50. The Labute approximate surface area is 123 Å². The van der Waals surface area contributed by atoms with Gasteiger partial charge in [-0.1, -0.05) is 25.1 Å². The molecule has 0 aliphatic carbocycles. The van der Waals surface area contributed by atoms with Gasteiger partial charge in [-0.05, 0) is 43.1 Å². The van der Waals surface area contributed by atoms with E-state index in [1.807, 2.05) is 0 Å². The number of nitrogens with one attached hydrogen (secondary N) is 1. The Bertz CT molecular complexity index is 458. The Kier molecular flexibility index (Phi) is 4.39. The molecule has 0 saturated carbocycles. The quantitative estimate of drug-likeness (QED) is 0.907. The topological polar surface area (TPSA) is 18.5 Å². The highest BCUT2D eigenvalue weighted by Gasteiger charge is 2.22. The molecule has 3 nitrogen and oxygen atoms in total. The van der Waals surface area contributed by atoms with Crippen LogP contribution < -0.4 is 5.32 Å². The van der Waals surface area contributed by atoms with Gasteiger partial charge in [0.25, 0.3) is 0 Å². The standard InChI is InChI=1S/C17H27N3/c1-3-17-13-20(9-8-19(17)2)12-14-4-5-15-6-7-18-11-16(15)10-14/h4-5,10,17-18H,3,6-9,11-13H2,1-2H3. The van der Waals surface area contributed by atoms with Gasteiger partial charge in [-0.15, -0.1) is 0 Å². The first kappa shape index (κ1) is 14.1. The van der Waals surface area contributed by atoms with Crippen molar-refractivity contribution in [2.75, 3.05) is 33.2 Å². The molecule has 2 aliphatic rings. The summed E-state index contributed by atoms with van der Waals surface area (Å²) in [7, 11) is 2.26. The molecule has 1 N–H and O–H groups in total. The van der Waals surface area contributed by atoms with Crippen LogP contribution in [0.1, 0.15) is 30.0 Å². The second kappa shape index (κ2) is 6.25. The third-order valence-electron chi connectivity index (χ3n) is 4.90. The van der Waals surface area contributed by atoms with Crippen molar-refractivity contribution in [3.8, 4) is 0 Å². The van der Waals surface area contributed by atoms with Crippen LogP contribution in [0.15, 0.2) is 18.2 Å². The zero-order valence-corrected chi connectivity index (χ0v) is 12.9. The first-order valence-electron chi connectivity index (χ1n) is 8.00. The number of nitrogens with zero attached hydrogens (tertiary/aromatic N) is 2. The van der Waals surface area contributed by atoms with Gasteiger partial charge in [-0.25, -0.2) is 0 Å². The molecule has 110 valence electrons. The van der Waals surface area contributed by atoms with Crippen molar-refractivity contribution in [1.29, 1.82) is 0 Å². The van der Waals surface area contributed by atoms with E-state index >= 15 is 0 Å². The van der Waals surface area contributed by atoms with Gasteiger partial charge in [0.1, 0.15) is 0 Å². The predicted octanol–water partition coefficient (Wildman–Crippen LogP) is 1.86. The fraction of sp³-hybridized carbons (Fsp3) is 0.647. The van der Waals surface area contributed by atoms with Gasteiger partial charge >= 0.3 is 0 Å². The lowest BCUT2D eigenvalue weighted by molar-refractivity contribution is 0.0883. The van der Waals surface area contributed by atoms with Gasteiger partial charge in [-0.2, -0.15) is 0 Å². The van der Waals surface area contributed by atoms with Crippen LogP contribution in [-0.4, -0.2) is 49.1 Å². The van der Waals surface area contributed by atoms with Crippen LogP contribution in [0.25, 0.3) is 0 Å². The highest BCUT2D eigenvalue weighted by Crippen LogP contribution is 2.19. The first-order valence-corrected chi connectivity index (χ1v) is 8.00. The molecular weight excluding hydrogens is 246 g/mol. The van der Waals surface area contributed by atoms with Crippen LogP contribution in [0, 0.1) is 0 Å². The van der Waals surface area contributed by atoms with E-state index in [2.05, 4.69) is 47.3 Å². The molecule has 2 aliphatic heterocycles. The number of piperazine rings is 1. The lowest BCUT2D eigenvalue weighted by atomic mass is 9.98. The maximum Gasteiger partial charge on any atom is 0.0235 e. The number of hydrogen-bond donors (Lipinski definition) is 1. The van der Waals surface area contributed by atoms with E-state index < -0.39 is 0 Å². The molecule has 3 heteroatoms. The van der Waals surface area contributed by atoms with Gasteiger partial charge in [0.15, 0.2) is 0 Å². The molecule has 0 radical (unpaired) electrons. The molecule has 0 amide bonds. The van der Waals surface area contributed by atoms with Crippen molar-refractivity contribution < 1.29 is 0 Å². The summed E-state index contributed by atoms with van der Waals surface area (Å²) in [5.74, 6) is 0. The normalized spacial score (nSPS) is 24.6. The van der Waals surface area contributed by atoms with Gasteiger partial charge < -0.3 is 10.2 Å². The van der Waals surface area contributed by atoms with Gasteiger partial charge in [0, 0.05) is 38.8 Å². The molecule has 3 rings (SSSR count). The average molecular weight is 273 g/mol. The van der Waals surface area contributed by atoms with E-state index in [-0.39, 0.29) is 0 Å². The summed E-state index contributed by atoms with van der Waals surface area (Å²) in [6, 6.07) is 7.83. The minimum Gasteiger partial charge on any atom is -0.312 e. The summed E-state index contributed by atoms with van der Waals surface area (Å²) in [6.07, 6.45) is 2.43. The molecule has 1 aromatic carbocycles. The Hall–Kier alpha value is -0.900. The number of hydrogen-bond acceptors (Lipinski definition) is 3. The Morgan fingerprint density at radius 2 is 2.15 bits per heavy atom. The Morgan fingerprint density at radius 1 is 1.25 bits per heavy atom. The molecule has 0 spiro atoms. The minimum atomic E-state index is 0.725. The zero-order valence-electron chi connectivity index (χ0n) is 12.9. The fourth-order valence-electron chi connectivity index (χ4n) is 3.49. The third-order valence-corrected chi connectivity index (χ3v) is 4.90. The van der Waals surface area contributed by atoms with Crippen molar-refractivity contribution in [3.05, 3.63) is 34.9 Å². The molecule has 1 saturated heterocycles. The van der Waals surface area contributed by atoms with Crippen LogP contribution in [0.4, 0.5) is 0 Å². The molecule has 1 aromatic rings. The van der Waals surface area contributed by atoms with Crippen LogP contribution >= 0.6 is 0 Å². The number of fused-ring (bicyclic) bond motifs is 1. The van der Waals surface area contributed by atoms with Crippen LogP contribution in [0.2, 0.25) is 0 Å². The van der Waals surface area contributed by atoms with E-state index in [4.69, 9.17) is 0 Å². The highest BCUT2D eigenvalue weighted by molar-refractivity contribution is 5.33. The van der Waals surface area contributed by atoms with Crippen molar-refractivity contribution >= 4 is 0 Å². The summed E-state index contributed by atoms with van der Waals surface area (Å²) in [5.41, 5.74) is 4.53. The summed E-state index contributed by atoms with van der Waals surface area (Å²) in [6.45, 7) is 9.19. The van der Waals surface area contributed by atoms with Gasteiger partial charge in [0.05, 0.1) is 0 Å². The monoisotopic (exact) mass is 273 g/mol. The van der Waals surface area contributed by atoms with Crippen LogP contribution in [-0.2, 0) is 19.5 Å². The van der Waals surface area contributed by atoms with E-state index in [9.17, 15) is 0 Å². The number of rotatable bonds is 3. The molecule has 20 heavy (non-hydrogen) atoms. The average Bonchev–Trinajstić information content (AvgIpc) is 2.49. The number of likely N-dealkylation sites (N-methyl/N-ethyl adjacent to an activating group) is 1. The highest BCUT2D eigenvalue weighted by atomic mass is 15.3.